The molecule has 0 N–H and O–H groups in total. The normalized spacial score (nSPS) is 14.3. The minimum Gasteiger partial charge on any atom is -0.456 e. The molecule has 190 valence electrons. The summed E-state index contributed by atoms with van der Waals surface area (Å²) in [7, 11) is 0. The molecule has 8 aromatic carbocycles. The molecule has 0 spiro atoms. The SMILES string of the molecule is [2H]c1c([2H])c([2H])c2c(-c3c4ccccc4c(-c4ccc5c(c4)oc4ccc6ccccc6c45)c4ccccc34)c([2H])c([2H])c([2H])c2c1[2H]. The zero-order valence-electron chi connectivity index (χ0n) is 28.7. The van der Waals surface area contributed by atoms with Gasteiger partial charge < -0.3 is 4.42 Å². The van der Waals surface area contributed by atoms with Gasteiger partial charge >= 0.3 is 0 Å². The lowest BCUT2D eigenvalue weighted by molar-refractivity contribution is 0.669. The van der Waals surface area contributed by atoms with E-state index in [2.05, 4.69) is 36.4 Å². The van der Waals surface area contributed by atoms with E-state index in [-0.39, 0.29) is 46.5 Å². The van der Waals surface area contributed by atoms with Gasteiger partial charge in [-0.25, -0.2) is 0 Å². The molecule has 1 aromatic heterocycles. The van der Waals surface area contributed by atoms with Crippen LogP contribution in [0.25, 0.3) is 87.3 Å². The van der Waals surface area contributed by atoms with Crippen molar-refractivity contribution >= 4 is 65.0 Å². The Hall–Kier alpha value is -5.40. The van der Waals surface area contributed by atoms with Gasteiger partial charge in [0, 0.05) is 10.8 Å². The Labute approximate surface area is 246 Å². The molecule has 0 bridgehead atoms. The van der Waals surface area contributed by atoms with E-state index in [0.717, 1.165) is 65.4 Å². The lowest BCUT2D eigenvalue weighted by atomic mass is 9.84. The van der Waals surface area contributed by atoms with Gasteiger partial charge in [0.1, 0.15) is 11.2 Å². The van der Waals surface area contributed by atoms with E-state index in [9.17, 15) is 0 Å². The van der Waals surface area contributed by atoms with E-state index in [1.165, 1.54) is 0 Å². The van der Waals surface area contributed by atoms with Gasteiger partial charge in [0.2, 0.25) is 0 Å². The minimum absolute atomic E-state index is 0.0582. The predicted octanol–water partition coefficient (Wildman–Crippen LogP) is 11.5. The molecule has 0 amide bonds. The molecule has 9 aromatic rings. The van der Waals surface area contributed by atoms with Crippen LogP contribution in [0.2, 0.25) is 0 Å². The zero-order chi connectivity index (χ0) is 33.0. The third-order valence-electron chi connectivity index (χ3n) is 8.14. The molecule has 0 saturated carbocycles. The van der Waals surface area contributed by atoms with Crippen molar-refractivity contribution in [2.45, 2.75) is 0 Å². The molecular formula is C40H24O. The van der Waals surface area contributed by atoms with Gasteiger partial charge in [0.15, 0.2) is 0 Å². The predicted molar refractivity (Wildman–Crippen MR) is 175 cm³/mol. The average molecular weight is 528 g/mol. The fourth-order valence-corrected chi connectivity index (χ4v) is 6.41. The largest absolute Gasteiger partial charge is 0.456 e. The zero-order valence-corrected chi connectivity index (χ0v) is 21.7. The maximum absolute atomic E-state index is 9.14. The lowest BCUT2D eigenvalue weighted by Gasteiger charge is -2.18. The highest BCUT2D eigenvalue weighted by atomic mass is 16.3. The molecule has 1 nitrogen and oxygen atoms in total. The topological polar surface area (TPSA) is 13.1 Å². The molecule has 1 heteroatoms. The summed E-state index contributed by atoms with van der Waals surface area (Å²) in [6.45, 7) is 0. The van der Waals surface area contributed by atoms with Crippen LogP contribution in [0.15, 0.2) is 150 Å². The van der Waals surface area contributed by atoms with Crippen LogP contribution in [0.4, 0.5) is 0 Å². The highest BCUT2D eigenvalue weighted by Gasteiger charge is 2.19. The Morgan fingerprint density at radius 2 is 1.10 bits per heavy atom. The number of hydrogen-bond acceptors (Lipinski definition) is 1. The van der Waals surface area contributed by atoms with Crippen LogP contribution >= 0.6 is 0 Å². The molecule has 0 aliphatic rings. The number of rotatable bonds is 2. The second kappa shape index (κ2) is 8.55. The van der Waals surface area contributed by atoms with Crippen LogP contribution in [0.1, 0.15) is 9.60 Å². The first kappa shape index (κ1) is 16.6. The van der Waals surface area contributed by atoms with E-state index < -0.39 is 12.1 Å². The summed E-state index contributed by atoms with van der Waals surface area (Å²) in [5.74, 6) is 0. The Morgan fingerprint density at radius 3 is 1.88 bits per heavy atom. The molecule has 0 radical (unpaired) electrons. The quantitative estimate of drug-likeness (QED) is 0.204. The first-order valence-electron chi connectivity index (χ1n) is 17.0. The van der Waals surface area contributed by atoms with Crippen LogP contribution in [-0.4, -0.2) is 0 Å². The van der Waals surface area contributed by atoms with Crippen LogP contribution in [-0.2, 0) is 0 Å². The van der Waals surface area contributed by atoms with Crippen molar-refractivity contribution in [3.8, 4) is 22.3 Å². The smallest absolute Gasteiger partial charge is 0.136 e. The van der Waals surface area contributed by atoms with Crippen LogP contribution in [0, 0.1) is 0 Å². The van der Waals surface area contributed by atoms with E-state index in [0.29, 0.717) is 5.56 Å². The van der Waals surface area contributed by atoms with Gasteiger partial charge in [0.25, 0.3) is 0 Å². The van der Waals surface area contributed by atoms with Crippen LogP contribution in [0.5, 0.6) is 0 Å². The summed E-state index contributed by atoms with van der Waals surface area (Å²) in [6, 6.07) is 31.6. The third-order valence-corrected chi connectivity index (χ3v) is 8.14. The van der Waals surface area contributed by atoms with Gasteiger partial charge in [-0.3, -0.25) is 0 Å². The third kappa shape index (κ3) is 3.24. The van der Waals surface area contributed by atoms with Crippen molar-refractivity contribution in [1.29, 1.82) is 0 Å². The monoisotopic (exact) mass is 527 g/mol. The summed E-state index contributed by atoms with van der Waals surface area (Å²) in [5.41, 5.74) is 4.28. The second-order valence-electron chi connectivity index (χ2n) is 10.3. The van der Waals surface area contributed by atoms with E-state index in [1.807, 2.05) is 66.7 Å². The Bertz CT molecular complexity index is 2810. The molecular weight excluding hydrogens is 496 g/mol. The standard InChI is InChI=1S/C40H24O/c1-3-13-28-25(10-1)12-9-19-30(28)39-33-17-7-5-15-31(33)38(32-16-6-8-18-34(32)39)27-20-22-35-37(24-27)41-36-23-21-26-11-2-4-14-29(26)40(35)36/h1-24H/i1D,3D,9D,10D,12D,13D,19D. The lowest BCUT2D eigenvalue weighted by Crippen LogP contribution is -1.91. The van der Waals surface area contributed by atoms with Gasteiger partial charge in [-0.2, -0.15) is 0 Å². The maximum Gasteiger partial charge on any atom is 0.136 e. The fourth-order valence-electron chi connectivity index (χ4n) is 6.41. The van der Waals surface area contributed by atoms with Gasteiger partial charge in [-0.1, -0.05) is 127 Å². The summed E-state index contributed by atoms with van der Waals surface area (Å²) < 4.78 is 67.3. The molecule has 0 saturated heterocycles. The van der Waals surface area contributed by atoms with Gasteiger partial charge in [0.05, 0.1) is 9.60 Å². The summed E-state index contributed by atoms with van der Waals surface area (Å²) in [6.07, 6.45) is 0. The fraction of sp³-hybridized carbons (Fsp3) is 0. The van der Waals surface area contributed by atoms with E-state index >= 15 is 0 Å². The molecule has 41 heavy (non-hydrogen) atoms. The molecule has 0 aliphatic heterocycles. The highest BCUT2D eigenvalue weighted by Crippen LogP contribution is 2.46. The van der Waals surface area contributed by atoms with Crippen LogP contribution < -0.4 is 0 Å². The van der Waals surface area contributed by atoms with Crippen molar-refractivity contribution in [3.05, 3.63) is 145 Å². The molecule has 0 aliphatic carbocycles. The van der Waals surface area contributed by atoms with Crippen molar-refractivity contribution in [3.63, 3.8) is 0 Å². The molecule has 9 rings (SSSR count). The van der Waals surface area contributed by atoms with Crippen molar-refractivity contribution in [1.82, 2.24) is 0 Å². The Kier molecular flexibility index (Phi) is 3.47. The maximum atomic E-state index is 9.14. The summed E-state index contributed by atoms with van der Waals surface area (Å²) in [4.78, 5) is 0. The molecule has 0 fully saturated rings. The first-order chi connectivity index (χ1) is 23.3. The van der Waals surface area contributed by atoms with Gasteiger partial charge in [-0.05, 0) is 83.5 Å². The number of benzene rings is 8. The van der Waals surface area contributed by atoms with Crippen molar-refractivity contribution < 1.29 is 14.0 Å². The first-order valence-corrected chi connectivity index (χ1v) is 13.5. The Balaban J connectivity index is 1.42. The number of fused-ring (bicyclic) bond motifs is 8. The molecule has 1 heterocycles. The summed E-state index contributed by atoms with van der Waals surface area (Å²) in [5, 5.41) is 7.67. The molecule has 0 unspecified atom stereocenters. The van der Waals surface area contributed by atoms with E-state index in [1.54, 1.807) is 0 Å². The van der Waals surface area contributed by atoms with Crippen molar-refractivity contribution in [2.24, 2.45) is 0 Å². The Morgan fingerprint density at radius 1 is 0.439 bits per heavy atom. The minimum atomic E-state index is -0.469. The van der Waals surface area contributed by atoms with Crippen LogP contribution in [0.3, 0.4) is 0 Å². The summed E-state index contributed by atoms with van der Waals surface area (Å²) >= 11 is 0. The number of hydrogen-bond donors (Lipinski definition) is 0. The average Bonchev–Trinajstić information content (AvgIpc) is 3.50. The second-order valence-corrected chi connectivity index (χ2v) is 10.3. The highest BCUT2D eigenvalue weighted by molar-refractivity contribution is 6.24. The van der Waals surface area contributed by atoms with Gasteiger partial charge in [-0.15, -0.1) is 0 Å². The molecule has 0 atom stereocenters. The van der Waals surface area contributed by atoms with E-state index in [4.69, 9.17) is 14.0 Å². The van der Waals surface area contributed by atoms with Crippen molar-refractivity contribution in [2.75, 3.05) is 0 Å². The number of furan rings is 1.